The molecule has 118 valence electrons. The van der Waals surface area contributed by atoms with Crippen molar-refractivity contribution in [2.45, 2.75) is 19.8 Å². The summed E-state index contributed by atoms with van der Waals surface area (Å²) in [5.74, 6) is 0.780. The van der Waals surface area contributed by atoms with E-state index >= 15 is 0 Å². The Hall–Kier alpha value is -2.82. The third-order valence-electron chi connectivity index (χ3n) is 3.65. The van der Waals surface area contributed by atoms with Crippen molar-refractivity contribution < 1.29 is 9.53 Å². The summed E-state index contributed by atoms with van der Waals surface area (Å²) < 4.78 is 7.11. The number of hydrogen-bond acceptors (Lipinski definition) is 3. The summed E-state index contributed by atoms with van der Waals surface area (Å²) in [6.45, 7) is 1.93. The number of benzene rings is 1. The summed E-state index contributed by atoms with van der Waals surface area (Å²) in [7, 11) is 1.64. The molecule has 0 saturated carbocycles. The smallest absolute Gasteiger partial charge is 0.224 e. The average Bonchev–Trinajstić information content (AvgIpc) is 2.94. The molecule has 2 aromatic heterocycles. The Morgan fingerprint density at radius 3 is 3.00 bits per heavy atom. The Balaban J connectivity index is 1.66. The molecule has 0 saturated heterocycles. The highest BCUT2D eigenvalue weighted by atomic mass is 16.5. The van der Waals surface area contributed by atoms with Gasteiger partial charge in [-0.05, 0) is 43.2 Å². The number of imidazole rings is 1. The molecule has 0 fully saturated rings. The van der Waals surface area contributed by atoms with Crippen LogP contribution in [-0.2, 0) is 11.2 Å². The van der Waals surface area contributed by atoms with Crippen molar-refractivity contribution in [3.63, 3.8) is 0 Å². The highest BCUT2D eigenvalue weighted by Gasteiger charge is 2.08. The van der Waals surface area contributed by atoms with Gasteiger partial charge in [-0.25, -0.2) is 4.98 Å². The van der Waals surface area contributed by atoms with Gasteiger partial charge in [-0.1, -0.05) is 12.1 Å². The third-order valence-corrected chi connectivity index (χ3v) is 3.65. The molecule has 2 heterocycles. The second-order valence-electron chi connectivity index (χ2n) is 5.43. The molecule has 1 aromatic carbocycles. The molecule has 0 bridgehead atoms. The number of aromatic nitrogens is 2. The van der Waals surface area contributed by atoms with Crippen molar-refractivity contribution in [2.75, 3.05) is 12.4 Å². The number of amides is 1. The van der Waals surface area contributed by atoms with Crippen LogP contribution in [0.2, 0.25) is 0 Å². The second-order valence-corrected chi connectivity index (χ2v) is 5.43. The fraction of sp³-hybridized carbons (Fsp3) is 0.222. The molecule has 0 aliphatic rings. The maximum atomic E-state index is 12.2. The van der Waals surface area contributed by atoms with Crippen LogP contribution in [0.4, 0.5) is 5.69 Å². The number of hydrogen-bond donors (Lipinski definition) is 1. The lowest BCUT2D eigenvalue weighted by atomic mass is 10.1. The van der Waals surface area contributed by atoms with Gasteiger partial charge in [-0.15, -0.1) is 0 Å². The summed E-state index contributed by atoms with van der Waals surface area (Å²) in [5.41, 5.74) is 3.49. The quantitative estimate of drug-likeness (QED) is 0.787. The standard InChI is InChI=1S/C18H19N3O2/c1-13-12-21-10-4-7-16(18(21)19-13)20-17(22)9-8-14-5-3-6-15(11-14)23-2/h3-7,10-12H,8-9H2,1-2H3,(H,20,22). The maximum Gasteiger partial charge on any atom is 0.224 e. The normalized spacial score (nSPS) is 10.7. The Morgan fingerprint density at radius 2 is 2.17 bits per heavy atom. The zero-order valence-corrected chi connectivity index (χ0v) is 13.2. The molecular formula is C18H19N3O2. The van der Waals surface area contributed by atoms with E-state index in [1.165, 1.54) is 0 Å². The Labute approximate surface area is 134 Å². The van der Waals surface area contributed by atoms with Gasteiger partial charge in [-0.2, -0.15) is 0 Å². The number of aryl methyl sites for hydroxylation is 2. The van der Waals surface area contributed by atoms with Crippen molar-refractivity contribution in [1.29, 1.82) is 0 Å². The molecule has 1 N–H and O–H groups in total. The van der Waals surface area contributed by atoms with Crippen molar-refractivity contribution >= 4 is 17.2 Å². The monoisotopic (exact) mass is 309 g/mol. The third kappa shape index (κ3) is 3.51. The van der Waals surface area contributed by atoms with E-state index in [4.69, 9.17) is 4.74 Å². The molecule has 5 nitrogen and oxygen atoms in total. The van der Waals surface area contributed by atoms with E-state index in [0.29, 0.717) is 12.8 Å². The largest absolute Gasteiger partial charge is 0.497 e. The van der Waals surface area contributed by atoms with E-state index in [0.717, 1.165) is 28.3 Å². The van der Waals surface area contributed by atoms with Crippen molar-refractivity contribution in [3.8, 4) is 5.75 Å². The van der Waals surface area contributed by atoms with Crippen molar-refractivity contribution in [2.24, 2.45) is 0 Å². The van der Waals surface area contributed by atoms with E-state index in [9.17, 15) is 4.79 Å². The molecule has 0 aliphatic carbocycles. The molecule has 3 rings (SSSR count). The van der Waals surface area contributed by atoms with E-state index in [2.05, 4.69) is 10.3 Å². The topological polar surface area (TPSA) is 55.6 Å². The molecule has 0 aliphatic heterocycles. The SMILES string of the molecule is COc1cccc(CCC(=O)Nc2cccn3cc(C)nc23)c1. The summed E-state index contributed by atoms with van der Waals surface area (Å²) in [5, 5.41) is 2.94. The van der Waals surface area contributed by atoms with E-state index in [-0.39, 0.29) is 5.91 Å². The number of anilines is 1. The van der Waals surface area contributed by atoms with Gasteiger partial charge >= 0.3 is 0 Å². The van der Waals surface area contributed by atoms with Gasteiger partial charge in [0.1, 0.15) is 5.75 Å². The first-order chi connectivity index (χ1) is 11.2. The first-order valence-electron chi connectivity index (χ1n) is 7.53. The molecule has 0 atom stereocenters. The molecule has 0 spiro atoms. The number of fused-ring (bicyclic) bond motifs is 1. The van der Waals surface area contributed by atoms with Gasteiger partial charge in [0.05, 0.1) is 18.5 Å². The molecule has 1 amide bonds. The summed E-state index contributed by atoms with van der Waals surface area (Å²) in [4.78, 5) is 16.7. The van der Waals surface area contributed by atoms with Gasteiger partial charge in [0.25, 0.3) is 0 Å². The lowest BCUT2D eigenvalue weighted by molar-refractivity contribution is -0.116. The Kier molecular flexibility index (Phi) is 4.28. The number of methoxy groups -OCH3 is 1. The number of ether oxygens (including phenoxy) is 1. The molecule has 5 heteroatoms. The number of pyridine rings is 1. The summed E-state index contributed by atoms with van der Waals surface area (Å²) in [6.07, 6.45) is 4.93. The first-order valence-corrected chi connectivity index (χ1v) is 7.53. The average molecular weight is 309 g/mol. The zero-order valence-electron chi connectivity index (χ0n) is 13.2. The summed E-state index contributed by atoms with van der Waals surface area (Å²) in [6, 6.07) is 11.5. The highest BCUT2D eigenvalue weighted by molar-refractivity contribution is 5.94. The molecule has 0 radical (unpaired) electrons. The van der Waals surface area contributed by atoms with Gasteiger partial charge in [0.15, 0.2) is 5.65 Å². The van der Waals surface area contributed by atoms with Crippen LogP contribution in [0.3, 0.4) is 0 Å². The lowest BCUT2D eigenvalue weighted by Crippen LogP contribution is -2.13. The fourth-order valence-electron chi connectivity index (χ4n) is 2.53. The van der Waals surface area contributed by atoms with Crippen LogP contribution in [0, 0.1) is 6.92 Å². The highest BCUT2D eigenvalue weighted by Crippen LogP contribution is 2.17. The molecule has 0 unspecified atom stereocenters. The second kappa shape index (κ2) is 6.52. The minimum Gasteiger partial charge on any atom is -0.497 e. The number of rotatable bonds is 5. The van der Waals surface area contributed by atoms with E-state index in [1.807, 2.05) is 60.1 Å². The predicted octanol–water partition coefficient (Wildman–Crippen LogP) is 3.22. The molecule has 23 heavy (non-hydrogen) atoms. The minimum absolute atomic E-state index is 0.0263. The molecular weight excluding hydrogens is 290 g/mol. The van der Waals surface area contributed by atoms with Crippen molar-refractivity contribution in [3.05, 3.63) is 60.0 Å². The molecule has 3 aromatic rings. The van der Waals surface area contributed by atoms with E-state index in [1.54, 1.807) is 7.11 Å². The Morgan fingerprint density at radius 1 is 1.30 bits per heavy atom. The minimum atomic E-state index is -0.0263. The predicted molar refractivity (Wildman–Crippen MR) is 89.9 cm³/mol. The van der Waals surface area contributed by atoms with Gasteiger partial charge in [0.2, 0.25) is 5.91 Å². The van der Waals surface area contributed by atoms with Crippen LogP contribution >= 0.6 is 0 Å². The maximum absolute atomic E-state index is 12.2. The number of nitrogens with zero attached hydrogens (tertiary/aromatic N) is 2. The van der Waals surface area contributed by atoms with Gasteiger partial charge in [0, 0.05) is 18.8 Å². The van der Waals surface area contributed by atoms with Crippen LogP contribution in [0.25, 0.3) is 5.65 Å². The fourth-order valence-corrected chi connectivity index (χ4v) is 2.53. The van der Waals surface area contributed by atoms with Gasteiger partial charge in [-0.3, -0.25) is 4.79 Å². The number of carbonyl (C=O) groups excluding carboxylic acids is 1. The van der Waals surface area contributed by atoms with Crippen LogP contribution < -0.4 is 10.1 Å². The first kappa shape index (κ1) is 15.1. The number of carbonyl (C=O) groups is 1. The lowest BCUT2D eigenvalue weighted by Gasteiger charge is -2.07. The number of nitrogens with one attached hydrogen (secondary N) is 1. The van der Waals surface area contributed by atoms with Crippen LogP contribution in [-0.4, -0.2) is 22.4 Å². The van der Waals surface area contributed by atoms with Crippen LogP contribution in [0.5, 0.6) is 5.75 Å². The summed E-state index contributed by atoms with van der Waals surface area (Å²) >= 11 is 0. The Bertz CT molecular complexity index is 839. The van der Waals surface area contributed by atoms with Crippen molar-refractivity contribution in [1.82, 2.24) is 9.38 Å². The van der Waals surface area contributed by atoms with Crippen LogP contribution in [0.1, 0.15) is 17.7 Å². The van der Waals surface area contributed by atoms with E-state index < -0.39 is 0 Å². The van der Waals surface area contributed by atoms with Gasteiger partial charge < -0.3 is 14.5 Å². The zero-order chi connectivity index (χ0) is 16.2. The van der Waals surface area contributed by atoms with Crippen LogP contribution in [0.15, 0.2) is 48.8 Å².